The summed E-state index contributed by atoms with van der Waals surface area (Å²) in [7, 11) is -2.75. The van der Waals surface area contributed by atoms with E-state index in [4.69, 9.17) is 0 Å². The molecule has 1 saturated carbocycles. The van der Waals surface area contributed by atoms with Crippen LogP contribution in [0.25, 0.3) is 0 Å². The van der Waals surface area contributed by atoms with Gasteiger partial charge in [-0.1, -0.05) is 12.8 Å². The largest absolute Gasteiger partial charge is 0.312 e. The highest BCUT2D eigenvalue weighted by molar-refractivity contribution is 7.92. The van der Waals surface area contributed by atoms with Crippen molar-refractivity contribution in [2.45, 2.75) is 37.0 Å². The van der Waals surface area contributed by atoms with Crippen LogP contribution in [0.1, 0.15) is 25.7 Å². The van der Waals surface area contributed by atoms with Gasteiger partial charge < -0.3 is 5.32 Å². The maximum atomic E-state index is 11.6. The quantitative estimate of drug-likeness (QED) is 0.597. The third-order valence-electron chi connectivity index (χ3n) is 2.96. The van der Waals surface area contributed by atoms with Gasteiger partial charge in [-0.15, -0.1) is 0 Å². The Morgan fingerprint density at radius 2 is 1.92 bits per heavy atom. The van der Waals surface area contributed by atoms with Crippen molar-refractivity contribution in [1.82, 2.24) is 5.32 Å². The zero-order chi connectivity index (χ0) is 8.60. The molecule has 0 amide bonds. The second-order valence-electron chi connectivity index (χ2n) is 3.75. The summed E-state index contributed by atoms with van der Waals surface area (Å²) in [6.07, 6.45) is 4.19. The Balaban J connectivity index is 2.20. The first-order valence-electron chi connectivity index (χ1n) is 4.65. The average Bonchev–Trinajstić information content (AvgIpc) is 2.04. The Bertz CT molecular complexity index is 258. The standard InChI is InChI=1S/C8H15NO2S/c10-12(11)6-5-9-7-3-1-2-4-8(7)12/h7-9H,1-6H2. The van der Waals surface area contributed by atoms with Crippen LogP contribution < -0.4 is 5.32 Å². The maximum Gasteiger partial charge on any atom is 0.155 e. The molecule has 2 fully saturated rings. The number of rotatable bonds is 0. The predicted molar refractivity (Wildman–Crippen MR) is 47.8 cm³/mol. The molecule has 2 aliphatic rings. The topological polar surface area (TPSA) is 46.2 Å². The fourth-order valence-electron chi connectivity index (χ4n) is 2.30. The van der Waals surface area contributed by atoms with Crippen LogP contribution in [-0.2, 0) is 9.84 Å². The highest BCUT2D eigenvalue weighted by Crippen LogP contribution is 2.26. The van der Waals surface area contributed by atoms with Gasteiger partial charge in [-0.2, -0.15) is 0 Å². The Morgan fingerprint density at radius 3 is 2.67 bits per heavy atom. The zero-order valence-corrected chi connectivity index (χ0v) is 7.94. The Hall–Kier alpha value is -0.0900. The van der Waals surface area contributed by atoms with Crippen LogP contribution in [-0.4, -0.2) is 32.0 Å². The summed E-state index contributed by atoms with van der Waals surface area (Å²) in [4.78, 5) is 0. The van der Waals surface area contributed by atoms with Crippen molar-refractivity contribution in [3.63, 3.8) is 0 Å². The zero-order valence-electron chi connectivity index (χ0n) is 7.12. The predicted octanol–water partition coefficient (Wildman–Crippen LogP) is 0.316. The molecule has 0 aromatic rings. The fourth-order valence-corrected chi connectivity index (χ4v) is 4.26. The maximum absolute atomic E-state index is 11.6. The Labute approximate surface area is 73.5 Å². The van der Waals surface area contributed by atoms with Crippen molar-refractivity contribution in [2.24, 2.45) is 0 Å². The van der Waals surface area contributed by atoms with Gasteiger partial charge in [0.2, 0.25) is 0 Å². The third kappa shape index (κ3) is 1.38. The summed E-state index contributed by atoms with van der Waals surface area (Å²) in [5.74, 6) is 0.341. The normalized spacial score (nSPS) is 40.3. The van der Waals surface area contributed by atoms with Gasteiger partial charge in [0.25, 0.3) is 0 Å². The monoisotopic (exact) mass is 189 g/mol. The first kappa shape index (κ1) is 8.51. The van der Waals surface area contributed by atoms with Crippen LogP contribution in [0.5, 0.6) is 0 Å². The molecular formula is C8H15NO2S. The van der Waals surface area contributed by atoms with Gasteiger partial charge in [0.1, 0.15) is 0 Å². The SMILES string of the molecule is O=S1(=O)CCNC2CCCCC21. The molecule has 70 valence electrons. The van der Waals surface area contributed by atoms with E-state index in [1.54, 1.807) is 0 Å². The minimum absolute atomic E-state index is 0.0694. The van der Waals surface area contributed by atoms with E-state index in [1.165, 1.54) is 6.42 Å². The van der Waals surface area contributed by atoms with Crippen LogP contribution in [0.15, 0.2) is 0 Å². The van der Waals surface area contributed by atoms with Crippen LogP contribution in [0, 0.1) is 0 Å². The second kappa shape index (κ2) is 3.00. The minimum Gasteiger partial charge on any atom is -0.312 e. The van der Waals surface area contributed by atoms with E-state index < -0.39 is 9.84 Å². The Kier molecular flexibility index (Phi) is 2.12. The summed E-state index contributed by atoms with van der Waals surface area (Å²) in [5, 5.41) is 3.23. The number of nitrogens with one attached hydrogen (secondary N) is 1. The van der Waals surface area contributed by atoms with Crippen LogP contribution >= 0.6 is 0 Å². The second-order valence-corrected chi connectivity index (χ2v) is 6.09. The summed E-state index contributed by atoms with van der Waals surface area (Å²) in [6, 6.07) is 0.262. The molecular weight excluding hydrogens is 174 g/mol. The smallest absolute Gasteiger partial charge is 0.155 e. The molecule has 1 aliphatic carbocycles. The van der Waals surface area contributed by atoms with Gasteiger partial charge in [0.05, 0.1) is 11.0 Å². The van der Waals surface area contributed by atoms with E-state index in [1.807, 2.05) is 0 Å². The highest BCUT2D eigenvalue weighted by atomic mass is 32.2. The molecule has 1 N–H and O–H groups in total. The third-order valence-corrected chi connectivity index (χ3v) is 5.22. The molecule has 0 aromatic heterocycles. The van der Waals surface area contributed by atoms with Crippen molar-refractivity contribution in [3.05, 3.63) is 0 Å². The molecule has 1 heterocycles. The van der Waals surface area contributed by atoms with E-state index in [0.717, 1.165) is 19.3 Å². The molecule has 2 unspecified atom stereocenters. The van der Waals surface area contributed by atoms with E-state index in [-0.39, 0.29) is 11.3 Å². The lowest BCUT2D eigenvalue weighted by Crippen LogP contribution is -2.53. The molecule has 0 radical (unpaired) electrons. The molecule has 0 bridgehead atoms. The summed E-state index contributed by atoms with van der Waals surface area (Å²) in [6.45, 7) is 0.656. The molecule has 0 aromatic carbocycles. The molecule has 12 heavy (non-hydrogen) atoms. The number of sulfone groups is 1. The van der Waals surface area contributed by atoms with Gasteiger partial charge in [-0.3, -0.25) is 0 Å². The van der Waals surface area contributed by atoms with Crippen molar-refractivity contribution >= 4 is 9.84 Å². The summed E-state index contributed by atoms with van der Waals surface area (Å²) >= 11 is 0. The van der Waals surface area contributed by atoms with Crippen molar-refractivity contribution in [1.29, 1.82) is 0 Å². The van der Waals surface area contributed by atoms with Crippen LogP contribution in [0.2, 0.25) is 0 Å². The molecule has 2 rings (SSSR count). The number of fused-ring (bicyclic) bond motifs is 1. The summed E-state index contributed by atoms with van der Waals surface area (Å²) in [5.41, 5.74) is 0. The lowest BCUT2D eigenvalue weighted by Gasteiger charge is -2.35. The number of hydrogen-bond acceptors (Lipinski definition) is 3. The molecule has 2 atom stereocenters. The highest BCUT2D eigenvalue weighted by Gasteiger charge is 2.37. The van der Waals surface area contributed by atoms with Gasteiger partial charge in [0.15, 0.2) is 9.84 Å². The molecule has 1 saturated heterocycles. The number of hydrogen-bond donors (Lipinski definition) is 1. The first-order valence-corrected chi connectivity index (χ1v) is 6.37. The van der Waals surface area contributed by atoms with Gasteiger partial charge in [-0.25, -0.2) is 8.42 Å². The van der Waals surface area contributed by atoms with E-state index in [2.05, 4.69) is 5.32 Å². The fraction of sp³-hybridized carbons (Fsp3) is 1.00. The van der Waals surface area contributed by atoms with Crippen molar-refractivity contribution in [3.8, 4) is 0 Å². The van der Waals surface area contributed by atoms with Gasteiger partial charge >= 0.3 is 0 Å². The average molecular weight is 189 g/mol. The molecule has 3 nitrogen and oxygen atoms in total. The molecule has 4 heteroatoms. The lowest BCUT2D eigenvalue weighted by molar-refractivity contribution is 0.363. The van der Waals surface area contributed by atoms with Crippen LogP contribution in [0.4, 0.5) is 0 Å². The molecule has 1 aliphatic heterocycles. The van der Waals surface area contributed by atoms with Crippen molar-refractivity contribution < 1.29 is 8.42 Å². The van der Waals surface area contributed by atoms with E-state index in [9.17, 15) is 8.42 Å². The lowest BCUT2D eigenvalue weighted by atomic mass is 9.95. The van der Waals surface area contributed by atoms with Gasteiger partial charge in [0, 0.05) is 12.6 Å². The van der Waals surface area contributed by atoms with E-state index in [0.29, 0.717) is 12.3 Å². The van der Waals surface area contributed by atoms with Crippen molar-refractivity contribution in [2.75, 3.05) is 12.3 Å². The van der Waals surface area contributed by atoms with Gasteiger partial charge in [-0.05, 0) is 12.8 Å². The van der Waals surface area contributed by atoms with E-state index >= 15 is 0 Å². The Morgan fingerprint density at radius 1 is 1.17 bits per heavy atom. The summed E-state index contributed by atoms with van der Waals surface area (Å²) < 4.78 is 23.2. The molecule has 0 spiro atoms. The first-order chi connectivity index (χ1) is 5.70. The minimum atomic E-state index is -2.75. The van der Waals surface area contributed by atoms with Crippen LogP contribution in [0.3, 0.4) is 0 Å².